The van der Waals surface area contributed by atoms with Crippen LogP contribution in [0.1, 0.15) is 11.1 Å². The van der Waals surface area contributed by atoms with E-state index < -0.39 is 27.0 Å². The molecule has 0 fully saturated rings. The monoisotopic (exact) mass is 325 g/mol. The van der Waals surface area contributed by atoms with Gasteiger partial charge in [0.15, 0.2) is 0 Å². The molecule has 0 aromatic heterocycles. The van der Waals surface area contributed by atoms with E-state index in [1.165, 1.54) is 18.2 Å². The molecule has 114 valence electrons. The third kappa shape index (κ3) is 5.15. The summed E-state index contributed by atoms with van der Waals surface area (Å²) in [5.41, 5.74) is 1.23. The van der Waals surface area contributed by atoms with Gasteiger partial charge in [-0.15, -0.1) is 0 Å². The maximum absolute atomic E-state index is 11.9. The van der Waals surface area contributed by atoms with Crippen LogP contribution in [-0.2, 0) is 31.2 Å². The van der Waals surface area contributed by atoms with E-state index in [2.05, 4.69) is 8.91 Å². The molecular formula is C10H15NO7S2. The summed E-state index contributed by atoms with van der Waals surface area (Å²) in [6.07, 6.45) is 0. The Kier molecular flexibility index (Phi) is 5.62. The van der Waals surface area contributed by atoms with Crippen molar-refractivity contribution in [2.75, 3.05) is 13.2 Å². The fraction of sp³-hybridized carbons (Fsp3) is 0.400. The number of rotatable bonds is 7. The first-order chi connectivity index (χ1) is 9.15. The minimum atomic E-state index is -4.58. The van der Waals surface area contributed by atoms with Gasteiger partial charge in [0.25, 0.3) is 0 Å². The van der Waals surface area contributed by atoms with E-state index in [-0.39, 0.29) is 18.0 Å². The first-order valence-electron chi connectivity index (χ1n) is 5.47. The smallest absolute Gasteiger partial charge is 0.392 e. The average Bonchev–Trinajstić information content (AvgIpc) is 2.33. The number of aliphatic hydroxyl groups excluding tert-OH is 1. The van der Waals surface area contributed by atoms with Crippen LogP contribution in [0.4, 0.5) is 0 Å². The van der Waals surface area contributed by atoms with Crippen molar-refractivity contribution in [2.24, 2.45) is 0 Å². The molecule has 0 aliphatic rings. The van der Waals surface area contributed by atoms with Crippen molar-refractivity contribution < 1.29 is 30.7 Å². The van der Waals surface area contributed by atoms with Gasteiger partial charge in [0.2, 0.25) is 10.0 Å². The molecule has 8 nitrogen and oxygen atoms in total. The highest BCUT2D eigenvalue weighted by molar-refractivity contribution is 7.89. The quantitative estimate of drug-likeness (QED) is 0.458. The van der Waals surface area contributed by atoms with E-state index in [1.807, 2.05) is 0 Å². The molecule has 0 aliphatic carbocycles. The summed E-state index contributed by atoms with van der Waals surface area (Å²) in [5, 5.41) is 9.00. The zero-order valence-corrected chi connectivity index (χ0v) is 12.2. The van der Waals surface area contributed by atoms with Crippen molar-refractivity contribution in [3.05, 3.63) is 29.3 Å². The number of sulfonamides is 1. The van der Waals surface area contributed by atoms with Gasteiger partial charge in [0.1, 0.15) is 0 Å². The van der Waals surface area contributed by atoms with Crippen LogP contribution < -0.4 is 4.72 Å². The normalized spacial score (nSPS) is 12.6. The highest BCUT2D eigenvalue weighted by Gasteiger charge is 2.15. The molecule has 0 bridgehead atoms. The predicted molar refractivity (Wildman–Crippen MR) is 69.8 cm³/mol. The van der Waals surface area contributed by atoms with Crippen LogP contribution in [0.15, 0.2) is 23.1 Å². The Hall–Kier alpha value is -1.04. The van der Waals surface area contributed by atoms with Crippen LogP contribution in [0.2, 0.25) is 0 Å². The van der Waals surface area contributed by atoms with E-state index in [0.717, 1.165) is 0 Å². The molecule has 1 aromatic carbocycles. The minimum absolute atomic E-state index is 0.0148. The summed E-state index contributed by atoms with van der Waals surface area (Å²) in [5.74, 6) is 0. The van der Waals surface area contributed by atoms with E-state index in [4.69, 9.17) is 9.66 Å². The molecule has 1 rings (SSSR count). The van der Waals surface area contributed by atoms with Gasteiger partial charge in [-0.05, 0) is 30.2 Å². The van der Waals surface area contributed by atoms with E-state index in [0.29, 0.717) is 11.1 Å². The Labute approximate surface area is 117 Å². The highest BCUT2D eigenvalue weighted by atomic mass is 32.3. The Morgan fingerprint density at radius 3 is 2.40 bits per heavy atom. The molecule has 0 atom stereocenters. The van der Waals surface area contributed by atoms with Gasteiger partial charge >= 0.3 is 10.4 Å². The number of hydrogen-bond donors (Lipinski definition) is 3. The van der Waals surface area contributed by atoms with Crippen molar-refractivity contribution in [3.63, 3.8) is 0 Å². The maximum atomic E-state index is 11.9. The zero-order valence-electron chi connectivity index (χ0n) is 10.6. The van der Waals surface area contributed by atoms with Crippen LogP contribution in [0.3, 0.4) is 0 Å². The topological polar surface area (TPSA) is 130 Å². The molecule has 0 unspecified atom stereocenters. The second-order valence-electron chi connectivity index (χ2n) is 3.89. The second kappa shape index (κ2) is 6.61. The molecule has 0 radical (unpaired) electrons. The van der Waals surface area contributed by atoms with Crippen molar-refractivity contribution in [2.45, 2.75) is 18.4 Å². The van der Waals surface area contributed by atoms with Gasteiger partial charge in [-0.2, -0.15) is 8.42 Å². The lowest BCUT2D eigenvalue weighted by molar-refractivity contribution is 0.272. The first-order valence-corrected chi connectivity index (χ1v) is 8.32. The largest absolute Gasteiger partial charge is 0.397 e. The Morgan fingerprint density at radius 2 is 1.90 bits per heavy atom. The fourth-order valence-corrected chi connectivity index (χ4v) is 2.81. The van der Waals surface area contributed by atoms with Gasteiger partial charge in [-0.25, -0.2) is 17.3 Å². The van der Waals surface area contributed by atoms with Crippen molar-refractivity contribution in [1.82, 2.24) is 4.72 Å². The summed E-state index contributed by atoms with van der Waals surface area (Å²) in [7, 11) is -8.40. The summed E-state index contributed by atoms with van der Waals surface area (Å²) < 4.78 is 58.7. The number of hydrogen-bond acceptors (Lipinski definition) is 6. The lowest BCUT2D eigenvalue weighted by Crippen LogP contribution is -2.28. The summed E-state index contributed by atoms with van der Waals surface area (Å²) in [6.45, 7) is 0.627. The standard InChI is InChI=1S/C10H15NO7S2/c1-8-6-10(3-2-9(8)7-12)19(13,14)11-4-5-18-20(15,16)17/h2-3,6,11-12H,4-5,7H2,1H3,(H,15,16,17). The molecule has 20 heavy (non-hydrogen) atoms. The van der Waals surface area contributed by atoms with Gasteiger partial charge < -0.3 is 5.11 Å². The van der Waals surface area contributed by atoms with Crippen molar-refractivity contribution >= 4 is 20.4 Å². The molecule has 0 heterocycles. The van der Waals surface area contributed by atoms with E-state index in [1.54, 1.807) is 6.92 Å². The molecule has 0 saturated carbocycles. The fourth-order valence-electron chi connectivity index (χ4n) is 1.42. The molecule has 0 spiro atoms. The number of benzene rings is 1. The summed E-state index contributed by atoms with van der Waals surface area (Å²) in [4.78, 5) is -0.0148. The molecule has 1 aromatic rings. The van der Waals surface area contributed by atoms with Gasteiger partial charge in [-0.1, -0.05) is 6.07 Å². The van der Waals surface area contributed by atoms with Gasteiger partial charge in [0.05, 0.1) is 18.1 Å². The number of nitrogens with one attached hydrogen (secondary N) is 1. The van der Waals surface area contributed by atoms with Crippen LogP contribution in [0.5, 0.6) is 0 Å². The third-order valence-corrected chi connectivity index (χ3v) is 4.34. The van der Waals surface area contributed by atoms with Gasteiger partial charge in [0, 0.05) is 6.54 Å². The predicted octanol–water partition coefficient (Wildman–Crippen LogP) is -0.415. The molecule has 0 saturated heterocycles. The first kappa shape index (κ1) is 17.0. The van der Waals surface area contributed by atoms with Crippen LogP contribution in [0, 0.1) is 6.92 Å². The molecule has 0 amide bonds. The molecule has 0 aliphatic heterocycles. The molecular weight excluding hydrogens is 310 g/mol. The Balaban J connectivity index is 2.72. The molecule has 10 heteroatoms. The van der Waals surface area contributed by atoms with Crippen LogP contribution in [0.25, 0.3) is 0 Å². The second-order valence-corrected chi connectivity index (χ2v) is 6.75. The van der Waals surface area contributed by atoms with Crippen LogP contribution >= 0.6 is 0 Å². The third-order valence-electron chi connectivity index (χ3n) is 2.42. The molecule has 3 N–H and O–H groups in total. The van der Waals surface area contributed by atoms with Gasteiger partial charge in [-0.3, -0.25) is 4.55 Å². The minimum Gasteiger partial charge on any atom is -0.392 e. The van der Waals surface area contributed by atoms with Crippen molar-refractivity contribution in [1.29, 1.82) is 0 Å². The number of aryl methyl sites for hydroxylation is 1. The summed E-state index contributed by atoms with van der Waals surface area (Å²) in [6, 6.07) is 4.20. The Bertz CT molecular complexity index is 667. The maximum Gasteiger partial charge on any atom is 0.397 e. The zero-order chi connectivity index (χ0) is 15.4. The summed E-state index contributed by atoms with van der Waals surface area (Å²) >= 11 is 0. The highest BCUT2D eigenvalue weighted by Crippen LogP contribution is 2.15. The SMILES string of the molecule is Cc1cc(S(=O)(=O)NCCOS(=O)(=O)O)ccc1CO. The van der Waals surface area contributed by atoms with E-state index in [9.17, 15) is 16.8 Å². The Morgan fingerprint density at radius 1 is 1.25 bits per heavy atom. The van der Waals surface area contributed by atoms with Crippen LogP contribution in [-0.4, -0.2) is 39.6 Å². The lowest BCUT2D eigenvalue weighted by atomic mass is 10.1. The average molecular weight is 325 g/mol. The lowest BCUT2D eigenvalue weighted by Gasteiger charge is -2.09. The van der Waals surface area contributed by atoms with Crippen molar-refractivity contribution in [3.8, 4) is 0 Å². The number of aliphatic hydroxyl groups is 1. The van der Waals surface area contributed by atoms with E-state index >= 15 is 0 Å².